The number of carbonyl (C=O) groups is 1. The van der Waals surface area contributed by atoms with Crippen LogP contribution >= 0.6 is 0 Å². The van der Waals surface area contributed by atoms with Crippen LogP contribution in [0.1, 0.15) is 37.8 Å². The van der Waals surface area contributed by atoms with Gasteiger partial charge in [-0.1, -0.05) is 13.0 Å². The zero-order valence-electron chi connectivity index (χ0n) is 11.3. The van der Waals surface area contributed by atoms with Gasteiger partial charge < -0.3 is 10.6 Å². The maximum absolute atomic E-state index is 11.6. The summed E-state index contributed by atoms with van der Waals surface area (Å²) in [6.45, 7) is 4.44. The zero-order valence-corrected chi connectivity index (χ0v) is 11.3. The standard InChI is InChI=1S/C15H22N2O/c1-3-11(2)17-15(18)10-16-14-8-7-12-5-4-6-13(12)9-14/h7-9,11,16H,3-6,10H2,1-2H3,(H,17,18). The van der Waals surface area contributed by atoms with Crippen molar-refractivity contribution in [1.82, 2.24) is 5.32 Å². The normalized spacial score (nSPS) is 15.0. The van der Waals surface area contributed by atoms with Gasteiger partial charge in [0.15, 0.2) is 0 Å². The van der Waals surface area contributed by atoms with Gasteiger partial charge in [0.25, 0.3) is 0 Å². The van der Waals surface area contributed by atoms with E-state index >= 15 is 0 Å². The highest BCUT2D eigenvalue weighted by atomic mass is 16.1. The van der Waals surface area contributed by atoms with Crippen molar-refractivity contribution in [3.8, 4) is 0 Å². The fourth-order valence-electron chi connectivity index (χ4n) is 2.29. The maximum atomic E-state index is 11.6. The molecule has 0 fully saturated rings. The lowest BCUT2D eigenvalue weighted by Gasteiger charge is -2.13. The molecule has 98 valence electrons. The molecule has 0 saturated carbocycles. The van der Waals surface area contributed by atoms with Crippen molar-refractivity contribution in [3.05, 3.63) is 29.3 Å². The third-order valence-electron chi connectivity index (χ3n) is 3.57. The number of aryl methyl sites for hydroxylation is 2. The molecule has 1 aromatic rings. The summed E-state index contributed by atoms with van der Waals surface area (Å²) in [5.41, 5.74) is 3.95. The highest BCUT2D eigenvalue weighted by Crippen LogP contribution is 2.24. The highest BCUT2D eigenvalue weighted by Gasteiger charge is 2.11. The van der Waals surface area contributed by atoms with E-state index in [0.717, 1.165) is 12.1 Å². The van der Waals surface area contributed by atoms with E-state index in [1.54, 1.807) is 0 Å². The van der Waals surface area contributed by atoms with Crippen LogP contribution in [0.2, 0.25) is 0 Å². The Hall–Kier alpha value is -1.51. The molecule has 3 nitrogen and oxygen atoms in total. The monoisotopic (exact) mass is 246 g/mol. The van der Waals surface area contributed by atoms with E-state index in [-0.39, 0.29) is 11.9 Å². The van der Waals surface area contributed by atoms with Crippen LogP contribution in [-0.4, -0.2) is 18.5 Å². The minimum absolute atomic E-state index is 0.0600. The molecule has 0 bridgehead atoms. The fourth-order valence-corrected chi connectivity index (χ4v) is 2.29. The minimum Gasteiger partial charge on any atom is -0.376 e. The molecule has 0 saturated heterocycles. The molecule has 1 amide bonds. The van der Waals surface area contributed by atoms with Crippen molar-refractivity contribution in [2.45, 2.75) is 45.6 Å². The van der Waals surface area contributed by atoms with Crippen molar-refractivity contribution in [2.75, 3.05) is 11.9 Å². The summed E-state index contributed by atoms with van der Waals surface area (Å²) in [5.74, 6) is 0.0600. The molecule has 18 heavy (non-hydrogen) atoms. The van der Waals surface area contributed by atoms with E-state index in [0.29, 0.717) is 6.54 Å². The third kappa shape index (κ3) is 3.25. The predicted molar refractivity (Wildman–Crippen MR) is 74.9 cm³/mol. The number of nitrogens with one attached hydrogen (secondary N) is 2. The van der Waals surface area contributed by atoms with Gasteiger partial charge in [-0.05, 0) is 55.9 Å². The summed E-state index contributed by atoms with van der Waals surface area (Å²) >= 11 is 0. The maximum Gasteiger partial charge on any atom is 0.239 e. The number of anilines is 1. The van der Waals surface area contributed by atoms with Crippen LogP contribution < -0.4 is 10.6 Å². The second-order valence-corrected chi connectivity index (χ2v) is 5.07. The van der Waals surface area contributed by atoms with E-state index in [9.17, 15) is 4.79 Å². The van der Waals surface area contributed by atoms with Gasteiger partial charge in [0.2, 0.25) is 5.91 Å². The Balaban J connectivity index is 1.85. The van der Waals surface area contributed by atoms with Gasteiger partial charge >= 0.3 is 0 Å². The van der Waals surface area contributed by atoms with Crippen LogP contribution in [0.4, 0.5) is 5.69 Å². The Kier molecular flexibility index (Phi) is 4.24. The second kappa shape index (κ2) is 5.89. The molecule has 2 rings (SSSR count). The second-order valence-electron chi connectivity index (χ2n) is 5.07. The number of hydrogen-bond donors (Lipinski definition) is 2. The van der Waals surface area contributed by atoms with Crippen molar-refractivity contribution < 1.29 is 4.79 Å². The largest absolute Gasteiger partial charge is 0.376 e. The molecule has 0 aromatic heterocycles. The smallest absolute Gasteiger partial charge is 0.239 e. The molecule has 1 atom stereocenters. The first kappa shape index (κ1) is 12.9. The first-order valence-electron chi connectivity index (χ1n) is 6.84. The van der Waals surface area contributed by atoms with E-state index < -0.39 is 0 Å². The Morgan fingerprint density at radius 2 is 2.11 bits per heavy atom. The molecular weight excluding hydrogens is 224 g/mol. The molecular formula is C15H22N2O. The number of carbonyl (C=O) groups excluding carboxylic acids is 1. The van der Waals surface area contributed by atoms with E-state index in [2.05, 4.69) is 35.8 Å². The molecule has 1 aliphatic rings. The van der Waals surface area contributed by atoms with Crippen LogP contribution in [-0.2, 0) is 17.6 Å². The predicted octanol–water partition coefficient (Wildman–Crippen LogP) is 2.50. The Labute approximate surface area is 109 Å². The first-order chi connectivity index (χ1) is 8.69. The molecule has 0 radical (unpaired) electrons. The van der Waals surface area contributed by atoms with Gasteiger partial charge in [0, 0.05) is 11.7 Å². The Bertz CT molecular complexity index is 429. The van der Waals surface area contributed by atoms with Crippen LogP contribution in [0.25, 0.3) is 0 Å². The number of hydrogen-bond acceptors (Lipinski definition) is 2. The van der Waals surface area contributed by atoms with Crippen LogP contribution in [0.15, 0.2) is 18.2 Å². The average Bonchev–Trinajstić information content (AvgIpc) is 2.83. The molecule has 1 aliphatic carbocycles. The van der Waals surface area contributed by atoms with Gasteiger partial charge in [0.1, 0.15) is 0 Å². The van der Waals surface area contributed by atoms with Crippen LogP contribution in [0.3, 0.4) is 0 Å². The minimum atomic E-state index is 0.0600. The van der Waals surface area contributed by atoms with Crippen molar-refractivity contribution in [3.63, 3.8) is 0 Å². The summed E-state index contributed by atoms with van der Waals surface area (Å²) in [5, 5.41) is 6.14. The van der Waals surface area contributed by atoms with E-state index in [1.165, 1.54) is 30.4 Å². The highest BCUT2D eigenvalue weighted by molar-refractivity contribution is 5.81. The van der Waals surface area contributed by atoms with Crippen molar-refractivity contribution in [1.29, 1.82) is 0 Å². The molecule has 1 aromatic carbocycles. The SMILES string of the molecule is CCC(C)NC(=O)CNc1ccc2c(c1)CCC2. The zero-order chi connectivity index (χ0) is 13.0. The topological polar surface area (TPSA) is 41.1 Å². The lowest BCUT2D eigenvalue weighted by Crippen LogP contribution is -2.36. The summed E-state index contributed by atoms with van der Waals surface area (Å²) < 4.78 is 0. The summed E-state index contributed by atoms with van der Waals surface area (Å²) in [7, 11) is 0. The Morgan fingerprint density at radius 3 is 2.89 bits per heavy atom. The molecule has 3 heteroatoms. The Morgan fingerprint density at radius 1 is 1.33 bits per heavy atom. The summed E-state index contributed by atoms with van der Waals surface area (Å²) in [6.07, 6.45) is 4.59. The molecule has 0 heterocycles. The molecule has 1 unspecified atom stereocenters. The van der Waals surface area contributed by atoms with Gasteiger partial charge in [-0.2, -0.15) is 0 Å². The van der Waals surface area contributed by atoms with Gasteiger partial charge in [-0.25, -0.2) is 0 Å². The quantitative estimate of drug-likeness (QED) is 0.838. The van der Waals surface area contributed by atoms with Gasteiger partial charge in [-0.3, -0.25) is 4.79 Å². The molecule has 0 spiro atoms. The van der Waals surface area contributed by atoms with E-state index in [1.807, 2.05) is 6.92 Å². The van der Waals surface area contributed by atoms with Crippen molar-refractivity contribution >= 4 is 11.6 Å². The number of fused-ring (bicyclic) bond motifs is 1. The number of benzene rings is 1. The van der Waals surface area contributed by atoms with E-state index in [4.69, 9.17) is 0 Å². The number of amides is 1. The fraction of sp³-hybridized carbons (Fsp3) is 0.533. The van der Waals surface area contributed by atoms with Gasteiger partial charge in [-0.15, -0.1) is 0 Å². The first-order valence-corrected chi connectivity index (χ1v) is 6.84. The van der Waals surface area contributed by atoms with Crippen molar-refractivity contribution in [2.24, 2.45) is 0 Å². The van der Waals surface area contributed by atoms with Gasteiger partial charge in [0.05, 0.1) is 6.54 Å². The lowest BCUT2D eigenvalue weighted by atomic mass is 10.1. The molecule has 0 aliphatic heterocycles. The summed E-state index contributed by atoms with van der Waals surface area (Å²) in [6, 6.07) is 6.68. The average molecular weight is 246 g/mol. The van der Waals surface area contributed by atoms with Crippen LogP contribution in [0.5, 0.6) is 0 Å². The summed E-state index contributed by atoms with van der Waals surface area (Å²) in [4.78, 5) is 11.6. The lowest BCUT2D eigenvalue weighted by molar-refractivity contribution is -0.120. The molecule has 2 N–H and O–H groups in total. The van der Waals surface area contributed by atoms with Crippen LogP contribution in [0, 0.1) is 0 Å². The number of rotatable bonds is 5. The third-order valence-corrected chi connectivity index (χ3v) is 3.57.